The van der Waals surface area contributed by atoms with Crippen molar-refractivity contribution in [2.24, 2.45) is 4.99 Å². The third-order valence-corrected chi connectivity index (χ3v) is 5.84. The number of anilines is 1. The number of fused-ring (bicyclic) bond motifs is 3. The molecule has 130 valence electrons. The molecule has 0 aliphatic carbocycles. The number of thiazole rings is 1. The summed E-state index contributed by atoms with van der Waals surface area (Å²) in [6, 6.07) is 4.92. The van der Waals surface area contributed by atoms with E-state index >= 15 is 0 Å². The van der Waals surface area contributed by atoms with Crippen LogP contribution in [0.4, 0.5) is 5.69 Å². The van der Waals surface area contributed by atoms with Crippen molar-refractivity contribution in [2.45, 2.75) is 31.3 Å². The van der Waals surface area contributed by atoms with E-state index in [0.29, 0.717) is 24.6 Å². The lowest BCUT2D eigenvalue weighted by atomic mass is 10.1. The lowest BCUT2D eigenvalue weighted by Gasteiger charge is -2.37. The molecule has 1 N–H and O–H groups in total. The molecule has 9 heteroatoms. The minimum Gasteiger partial charge on any atom is -0.307 e. The molecule has 1 amide bonds. The highest BCUT2D eigenvalue weighted by Gasteiger charge is 2.40. The molecule has 0 bridgehead atoms. The Bertz CT molecular complexity index is 924. The number of carbonyl (C=O) groups excluding carboxylic acids is 1. The number of benzene rings is 1. The van der Waals surface area contributed by atoms with Gasteiger partial charge in [-0.15, -0.1) is 11.3 Å². The van der Waals surface area contributed by atoms with Gasteiger partial charge in [0.2, 0.25) is 5.96 Å². The van der Waals surface area contributed by atoms with Crippen LogP contribution >= 0.6 is 11.3 Å². The number of carbonyl (C=O) groups is 1. The summed E-state index contributed by atoms with van der Waals surface area (Å²) in [6.45, 7) is 4.96. The molecular weight excluding hydrogens is 360 g/mol. The first-order chi connectivity index (χ1) is 12.0. The van der Waals surface area contributed by atoms with Gasteiger partial charge in [0.25, 0.3) is 5.91 Å². The Morgan fingerprint density at radius 1 is 1.44 bits per heavy atom. The standard InChI is InChI=1S/C16H16N4O3S2/c1-9-6-18-16-19(8-11-7-17-10(2)24-11)15(21)13-5-12(25(22)23)3-4-14(13)20(9)16/h3-5,7,9H,6,8H2,1-2H3,(H,22,23). The normalized spacial score (nSPS) is 20.4. The van der Waals surface area contributed by atoms with E-state index in [9.17, 15) is 13.6 Å². The zero-order valence-corrected chi connectivity index (χ0v) is 15.3. The van der Waals surface area contributed by atoms with Crippen molar-refractivity contribution in [2.75, 3.05) is 11.4 Å². The second-order valence-electron chi connectivity index (χ2n) is 6.02. The summed E-state index contributed by atoms with van der Waals surface area (Å²) in [6.07, 6.45) is 1.77. The van der Waals surface area contributed by atoms with Crippen LogP contribution in [0, 0.1) is 6.92 Å². The van der Waals surface area contributed by atoms with Gasteiger partial charge in [0, 0.05) is 11.1 Å². The highest BCUT2D eigenvalue weighted by molar-refractivity contribution is 7.79. The number of amides is 1. The Morgan fingerprint density at radius 3 is 2.92 bits per heavy atom. The molecule has 1 aromatic heterocycles. The first kappa shape index (κ1) is 16.4. The maximum atomic E-state index is 13.1. The number of rotatable bonds is 3. The van der Waals surface area contributed by atoms with Crippen LogP contribution in [0.25, 0.3) is 0 Å². The van der Waals surface area contributed by atoms with Crippen LogP contribution in [0.1, 0.15) is 27.2 Å². The molecule has 4 rings (SSSR count). The van der Waals surface area contributed by atoms with E-state index in [4.69, 9.17) is 0 Å². The summed E-state index contributed by atoms with van der Waals surface area (Å²) in [5.41, 5.74) is 1.16. The number of aliphatic imine (C=N–C) groups is 1. The maximum Gasteiger partial charge on any atom is 0.263 e. The molecule has 3 heterocycles. The Hall–Kier alpha value is -2.10. The van der Waals surface area contributed by atoms with Crippen molar-refractivity contribution in [3.05, 3.63) is 39.8 Å². The van der Waals surface area contributed by atoms with Crippen LogP contribution in [0.5, 0.6) is 0 Å². The number of guanidine groups is 1. The van der Waals surface area contributed by atoms with Gasteiger partial charge < -0.3 is 9.45 Å². The van der Waals surface area contributed by atoms with Crippen LogP contribution in [0.15, 0.2) is 34.3 Å². The van der Waals surface area contributed by atoms with Crippen LogP contribution in [0.2, 0.25) is 0 Å². The van der Waals surface area contributed by atoms with Gasteiger partial charge in [-0.3, -0.25) is 14.7 Å². The Kier molecular flexibility index (Phi) is 3.94. The average molecular weight is 376 g/mol. The Morgan fingerprint density at radius 2 is 2.24 bits per heavy atom. The van der Waals surface area contributed by atoms with Crippen LogP contribution in [-0.4, -0.2) is 43.1 Å². The second-order valence-corrected chi connectivity index (χ2v) is 8.31. The van der Waals surface area contributed by atoms with Crippen molar-refractivity contribution in [3.8, 4) is 0 Å². The minimum atomic E-state index is -2.13. The van der Waals surface area contributed by atoms with Gasteiger partial charge in [0.1, 0.15) is 0 Å². The molecule has 0 spiro atoms. The lowest BCUT2D eigenvalue weighted by molar-refractivity contribution is 0.0834. The molecule has 0 saturated carbocycles. The highest BCUT2D eigenvalue weighted by atomic mass is 32.2. The predicted octanol–water partition coefficient (Wildman–Crippen LogP) is 2.25. The highest BCUT2D eigenvalue weighted by Crippen LogP contribution is 2.35. The third kappa shape index (κ3) is 2.68. The number of hydrogen-bond acceptors (Lipinski definition) is 6. The third-order valence-electron chi connectivity index (χ3n) is 4.28. The van der Waals surface area contributed by atoms with Crippen LogP contribution in [-0.2, 0) is 17.6 Å². The monoisotopic (exact) mass is 376 g/mol. The van der Waals surface area contributed by atoms with E-state index in [0.717, 1.165) is 15.6 Å². The van der Waals surface area contributed by atoms with E-state index in [1.165, 1.54) is 6.07 Å². The van der Waals surface area contributed by atoms with Gasteiger partial charge in [0.05, 0.1) is 40.3 Å². The second kappa shape index (κ2) is 6.01. The smallest absolute Gasteiger partial charge is 0.263 e. The van der Waals surface area contributed by atoms with Gasteiger partial charge in [-0.1, -0.05) is 0 Å². The van der Waals surface area contributed by atoms with Crippen LogP contribution in [0.3, 0.4) is 0 Å². The maximum absolute atomic E-state index is 13.1. The van der Waals surface area contributed by atoms with Crippen molar-refractivity contribution in [1.29, 1.82) is 0 Å². The summed E-state index contributed by atoms with van der Waals surface area (Å²) in [7, 11) is 0. The topological polar surface area (TPSA) is 86.1 Å². The summed E-state index contributed by atoms with van der Waals surface area (Å²) in [4.78, 5) is 26.7. The van der Waals surface area contributed by atoms with Crippen molar-refractivity contribution < 1.29 is 13.6 Å². The molecule has 7 nitrogen and oxygen atoms in total. The summed E-state index contributed by atoms with van der Waals surface area (Å²) < 4.78 is 20.8. The molecule has 2 aromatic rings. The molecule has 0 radical (unpaired) electrons. The van der Waals surface area contributed by atoms with E-state index in [1.54, 1.807) is 34.6 Å². The molecule has 25 heavy (non-hydrogen) atoms. The van der Waals surface area contributed by atoms with Gasteiger partial charge >= 0.3 is 0 Å². The predicted molar refractivity (Wildman–Crippen MR) is 96.4 cm³/mol. The fraction of sp³-hybridized carbons (Fsp3) is 0.312. The van der Waals surface area contributed by atoms with Gasteiger partial charge in [0.15, 0.2) is 11.1 Å². The molecule has 2 aliphatic rings. The molecule has 2 aliphatic heterocycles. The first-order valence-corrected chi connectivity index (χ1v) is 9.70. The van der Waals surface area contributed by atoms with Gasteiger partial charge in [-0.25, -0.2) is 9.19 Å². The summed E-state index contributed by atoms with van der Waals surface area (Å²) >= 11 is -0.590. The van der Waals surface area contributed by atoms with Crippen molar-refractivity contribution in [3.63, 3.8) is 0 Å². The quantitative estimate of drug-likeness (QED) is 0.831. The van der Waals surface area contributed by atoms with Crippen LogP contribution < -0.4 is 4.90 Å². The molecular formula is C16H16N4O3S2. The number of nitrogens with zero attached hydrogens (tertiary/aromatic N) is 4. The number of hydrogen-bond donors (Lipinski definition) is 1. The molecule has 2 atom stereocenters. The fourth-order valence-electron chi connectivity index (χ4n) is 3.15. The van der Waals surface area contributed by atoms with Gasteiger partial charge in [-0.2, -0.15) is 0 Å². The van der Waals surface area contributed by atoms with E-state index in [2.05, 4.69) is 9.98 Å². The average Bonchev–Trinajstić information content (AvgIpc) is 3.16. The summed E-state index contributed by atoms with van der Waals surface area (Å²) in [5.74, 6) is 0.423. The SMILES string of the molecule is Cc1ncc(CN2C(=O)c3cc(S(=O)O)ccc3N3C2=NCC3C)s1. The molecule has 0 fully saturated rings. The zero-order valence-electron chi connectivity index (χ0n) is 13.7. The Balaban J connectivity index is 1.80. The molecule has 1 aromatic carbocycles. The minimum absolute atomic E-state index is 0.123. The van der Waals surface area contributed by atoms with Gasteiger partial charge in [-0.05, 0) is 32.0 Å². The van der Waals surface area contributed by atoms with Crippen molar-refractivity contribution in [1.82, 2.24) is 9.88 Å². The number of aryl methyl sites for hydroxylation is 1. The fourth-order valence-corrected chi connectivity index (χ4v) is 4.33. The lowest BCUT2D eigenvalue weighted by Crippen LogP contribution is -2.51. The van der Waals surface area contributed by atoms with E-state index in [-0.39, 0.29) is 16.8 Å². The molecule has 0 saturated heterocycles. The van der Waals surface area contributed by atoms with Crippen molar-refractivity contribution >= 4 is 40.0 Å². The molecule has 2 unspecified atom stereocenters. The Labute approximate surface area is 151 Å². The number of aromatic nitrogens is 1. The van der Waals surface area contributed by atoms with E-state index < -0.39 is 11.1 Å². The summed E-state index contributed by atoms with van der Waals surface area (Å²) in [5, 5.41) is 0.941. The van der Waals surface area contributed by atoms with E-state index in [1.807, 2.05) is 18.7 Å². The first-order valence-electron chi connectivity index (χ1n) is 7.77. The largest absolute Gasteiger partial charge is 0.307 e. The zero-order chi connectivity index (χ0) is 17.7.